The minimum absolute atomic E-state index is 0.00315. The van der Waals surface area contributed by atoms with Gasteiger partial charge in [-0.15, -0.1) is 11.8 Å². The molecule has 3 aromatic rings. The fourth-order valence-corrected chi connectivity index (χ4v) is 4.27. The van der Waals surface area contributed by atoms with Crippen molar-refractivity contribution in [2.24, 2.45) is 0 Å². The number of carbonyl (C=O) groups is 1. The van der Waals surface area contributed by atoms with Crippen LogP contribution < -0.4 is 10.9 Å². The molecule has 26 heavy (non-hydrogen) atoms. The molecule has 0 saturated heterocycles. The Bertz CT molecular complexity index is 1060. The van der Waals surface area contributed by atoms with Crippen LogP contribution in [0.4, 0.5) is 5.69 Å². The van der Waals surface area contributed by atoms with Gasteiger partial charge in [0.25, 0.3) is 11.5 Å². The second-order valence-electron chi connectivity index (χ2n) is 6.53. The molecule has 5 heteroatoms. The number of aryl methyl sites for hydroxylation is 1. The topological polar surface area (TPSA) is 62.0 Å². The van der Waals surface area contributed by atoms with E-state index < -0.39 is 0 Å². The Kier molecular flexibility index (Phi) is 4.55. The molecule has 132 valence electrons. The molecule has 2 aromatic carbocycles. The van der Waals surface area contributed by atoms with Gasteiger partial charge in [0.05, 0.1) is 11.1 Å². The molecule has 1 amide bonds. The van der Waals surface area contributed by atoms with Crippen LogP contribution in [0.3, 0.4) is 0 Å². The number of aromatic nitrogens is 1. The first-order chi connectivity index (χ1) is 12.7. The molecule has 2 N–H and O–H groups in total. The predicted molar refractivity (Wildman–Crippen MR) is 107 cm³/mol. The lowest BCUT2D eigenvalue weighted by molar-refractivity contribution is 0.102. The van der Waals surface area contributed by atoms with Crippen molar-refractivity contribution in [1.29, 1.82) is 0 Å². The third-order valence-corrected chi connectivity index (χ3v) is 5.74. The molecule has 0 unspecified atom stereocenters. The van der Waals surface area contributed by atoms with E-state index in [-0.39, 0.29) is 11.5 Å². The maximum atomic E-state index is 12.6. The van der Waals surface area contributed by atoms with Gasteiger partial charge in [-0.3, -0.25) is 9.59 Å². The molecule has 4 rings (SSSR count). The van der Waals surface area contributed by atoms with Gasteiger partial charge in [0.15, 0.2) is 0 Å². The van der Waals surface area contributed by atoms with Gasteiger partial charge in [0.1, 0.15) is 0 Å². The number of H-pyrrole nitrogens is 1. The standard InChI is InChI=1S/C21H20N2O2S/c1-26-19-9-5-4-8-17(19)21(25)22-13-10-11-15-14-6-2-3-7-16(14)20(24)23-18(15)12-13/h4-5,8-12H,2-3,6-7H2,1H3,(H,22,25)(H,23,24). The Morgan fingerprint density at radius 2 is 1.85 bits per heavy atom. The highest BCUT2D eigenvalue weighted by Gasteiger charge is 2.17. The van der Waals surface area contributed by atoms with Gasteiger partial charge >= 0.3 is 0 Å². The SMILES string of the molecule is CSc1ccccc1C(=O)Nc1ccc2c3c(c(=O)[nH]c2c1)CCCC3. The zero-order valence-corrected chi connectivity index (χ0v) is 15.4. The van der Waals surface area contributed by atoms with Crippen LogP contribution in [0.25, 0.3) is 10.9 Å². The molecule has 0 aliphatic heterocycles. The number of carbonyl (C=O) groups excluding carboxylic acids is 1. The van der Waals surface area contributed by atoms with Gasteiger partial charge < -0.3 is 10.3 Å². The fourth-order valence-electron chi connectivity index (χ4n) is 3.67. The largest absolute Gasteiger partial charge is 0.322 e. The Hall–Kier alpha value is -2.53. The summed E-state index contributed by atoms with van der Waals surface area (Å²) in [6.07, 6.45) is 5.95. The fraction of sp³-hybridized carbons (Fsp3) is 0.238. The Labute approximate surface area is 156 Å². The van der Waals surface area contributed by atoms with Crippen molar-refractivity contribution >= 4 is 34.3 Å². The van der Waals surface area contributed by atoms with Crippen molar-refractivity contribution in [2.75, 3.05) is 11.6 Å². The highest BCUT2D eigenvalue weighted by atomic mass is 32.2. The van der Waals surface area contributed by atoms with E-state index in [2.05, 4.69) is 10.3 Å². The normalized spacial score (nSPS) is 13.4. The average molecular weight is 364 g/mol. The number of nitrogens with one attached hydrogen (secondary N) is 2. The molecule has 0 radical (unpaired) electrons. The molecule has 0 atom stereocenters. The molecule has 0 fully saturated rings. The first-order valence-corrected chi connectivity index (χ1v) is 10.0. The minimum atomic E-state index is -0.144. The molecular weight excluding hydrogens is 344 g/mol. The lowest BCUT2D eigenvalue weighted by atomic mass is 9.90. The van der Waals surface area contributed by atoms with E-state index in [1.54, 1.807) is 11.8 Å². The number of amides is 1. The van der Waals surface area contributed by atoms with Gasteiger partial charge in [-0.1, -0.05) is 18.2 Å². The number of benzene rings is 2. The Balaban J connectivity index is 1.70. The minimum Gasteiger partial charge on any atom is -0.322 e. The number of hydrogen-bond donors (Lipinski definition) is 2. The summed E-state index contributed by atoms with van der Waals surface area (Å²) >= 11 is 1.55. The summed E-state index contributed by atoms with van der Waals surface area (Å²) in [5, 5.41) is 4.04. The van der Waals surface area contributed by atoms with Gasteiger partial charge in [-0.05, 0) is 61.8 Å². The van der Waals surface area contributed by atoms with Gasteiger partial charge in [0, 0.05) is 21.5 Å². The summed E-state index contributed by atoms with van der Waals surface area (Å²) in [5.74, 6) is -0.144. The second kappa shape index (κ2) is 7.00. The Morgan fingerprint density at radius 3 is 2.65 bits per heavy atom. The number of anilines is 1. The van der Waals surface area contributed by atoms with Crippen LogP contribution in [0.2, 0.25) is 0 Å². The third kappa shape index (κ3) is 3.03. The number of rotatable bonds is 3. The van der Waals surface area contributed by atoms with Crippen LogP contribution in [0.5, 0.6) is 0 Å². The Morgan fingerprint density at radius 1 is 1.08 bits per heavy atom. The van der Waals surface area contributed by atoms with Crippen molar-refractivity contribution in [3.8, 4) is 0 Å². The average Bonchev–Trinajstić information content (AvgIpc) is 2.68. The zero-order chi connectivity index (χ0) is 18.1. The molecule has 0 spiro atoms. The summed E-state index contributed by atoms with van der Waals surface area (Å²) in [6, 6.07) is 13.3. The summed E-state index contributed by atoms with van der Waals surface area (Å²) in [7, 11) is 0. The number of hydrogen-bond acceptors (Lipinski definition) is 3. The molecule has 1 aliphatic carbocycles. The van der Waals surface area contributed by atoms with E-state index in [1.165, 1.54) is 5.56 Å². The van der Waals surface area contributed by atoms with Gasteiger partial charge in [-0.2, -0.15) is 0 Å². The van der Waals surface area contributed by atoms with Crippen molar-refractivity contribution in [2.45, 2.75) is 30.6 Å². The molecular formula is C21H20N2O2S. The van der Waals surface area contributed by atoms with Crippen LogP contribution in [0.15, 0.2) is 52.2 Å². The van der Waals surface area contributed by atoms with Crippen LogP contribution in [0, 0.1) is 0 Å². The number of thioether (sulfide) groups is 1. The number of aromatic amines is 1. The molecule has 0 bridgehead atoms. The van der Waals surface area contributed by atoms with Gasteiger partial charge in [-0.25, -0.2) is 0 Å². The summed E-state index contributed by atoms with van der Waals surface area (Å²) < 4.78 is 0. The molecule has 4 nitrogen and oxygen atoms in total. The lowest BCUT2D eigenvalue weighted by Gasteiger charge is -2.17. The summed E-state index contributed by atoms with van der Waals surface area (Å²) in [4.78, 5) is 28.9. The highest BCUT2D eigenvalue weighted by Crippen LogP contribution is 2.28. The first kappa shape index (κ1) is 16.9. The van der Waals surface area contributed by atoms with Crippen molar-refractivity contribution in [3.63, 3.8) is 0 Å². The quantitative estimate of drug-likeness (QED) is 0.678. The van der Waals surface area contributed by atoms with Crippen molar-refractivity contribution in [3.05, 3.63) is 69.5 Å². The van der Waals surface area contributed by atoms with Crippen molar-refractivity contribution < 1.29 is 4.79 Å². The van der Waals surface area contributed by atoms with E-state index >= 15 is 0 Å². The molecule has 1 aliphatic rings. The molecule has 1 heterocycles. The number of pyridine rings is 1. The van der Waals surface area contributed by atoms with E-state index in [0.717, 1.165) is 47.0 Å². The summed E-state index contributed by atoms with van der Waals surface area (Å²) in [6.45, 7) is 0. The van der Waals surface area contributed by atoms with Gasteiger partial charge in [0.2, 0.25) is 0 Å². The second-order valence-corrected chi connectivity index (χ2v) is 7.38. The van der Waals surface area contributed by atoms with Crippen LogP contribution in [-0.4, -0.2) is 17.1 Å². The maximum Gasteiger partial charge on any atom is 0.256 e. The monoisotopic (exact) mass is 364 g/mol. The van der Waals surface area contributed by atoms with Crippen LogP contribution in [-0.2, 0) is 12.8 Å². The molecule has 0 saturated carbocycles. The van der Waals surface area contributed by atoms with E-state index in [9.17, 15) is 9.59 Å². The first-order valence-electron chi connectivity index (χ1n) is 8.79. The molecule has 1 aromatic heterocycles. The van der Waals surface area contributed by atoms with Crippen molar-refractivity contribution in [1.82, 2.24) is 4.98 Å². The maximum absolute atomic E-state index is 12.6. The number of fused-ring (bicyclic) bond motifs is 3. The van der Waals surface area contributed by atoms with E-state index in [0.29, 0.717) is 11.3 Å². The van der Waals surface area contributed by atoms with E-state index in [1.807, 2.05) is 48.7 Å². The van der Waals surface area contributed by atoms with E-state index in [4.69, 9.17) is 0 Å². The zero-order valence-electron chi connectivity index (χ0n) is 14.6. The third-order valence-electron chi connectivity index (χ3n) is 4.94. The lowest BCUT2D eigenvalue weighted by Crippen LogP contribution is -2.19. The van der Waals surface area contributed by atoms with Crippen LogP contribution in [0.1, 0.15) is 34.3 Å². The highest BCUT2D eigenvalue weighted by molar-refractivity contribution is 7.98. The predicted octanol–water partition coefficient (Wildman–Crippen LogP) is 4.38. The summed E-state index contributed by atoms with van der Waals surface area (Å²) in [5.41, 5.74) is 4.22. The van der Waals surface area contributed by atoms with Crippen LogP contribution >= 0.6 is 11.8 Å². The smallest absolute Gasteiger partial charge is 0.256 e.